The van der Waals surface area contributed by atoms with Gasteiger partial charge in [-0.15, -0.1) is 0 Å². The Morgan fingerprint density at radius 1 is 1.03 bits per heavy atom. The summed E-state index contributed by atoms with van der Waals surface area (Å²) < 4.78 is 21.4. The van der Waals surface area contributed by atoms with E-state index in [2.05, 4.69) is 0 Å². The van der Waals surface area contributed by atoms with Crippen molar-refractivity contribution in [1.29, 1.82) is 0 Å². The van der Waals surface area contributed by atoms with E-state index >= 15 is 0 Å². The van der Waals surface area contributed by atoms with Gasteiger partial charge in [-0.1, -0.05) is 36.4 Å². The smallest absolute Gasteiger partial charge is 0.290 e. The standard InChI is InChI=1S/C26H29NO7/c1-31-14-8-13-27-23(18-15-20(32-2)25(34-4)21(16-18)33-3)22(24(29)26(27)30)19(28)12-11-17-9-6-5-7-10-17/h5-7,9-12,15-16,23,29H,8,13-14H2,1-4H3/b12-11+. The number of methoxy groups -OCH3 is 4. The van der Waals surface area contributed by atoms with Gasteiger partial charge in [0.25, 0.3) is 5.91 Å². The van der Waals surface area contributed by atoms with Crippen molar-refractivity contribution in [1.82, 2.24) is 4.90 Å². The van der Waals surface area contributed by atoms with Crippen LogP contribution in [0.5, 0.6) is 17.2 Å². The summed E-state index contributed by atoms with van der Waals surface area (Å²) >= 11 is 0. The molecule has 3 rings (SSSR count). The van der Waals surface area contributed by atoms with Gasteiger partial charge in [-0.25, -0.2) is 0 Å². The Morgan fingerprint density at radius 2 is 1.68 bits per heavy atom. The first kappa shape index (κ1) is 24.9. The van der Waals surface area contributed by atoms with Crippen molar-refractivity contribution in [3.8, 4) is 17.2 Å². The van der Waals surface area contributed by atoms with E-state index in [0.717, 1.165) is 5.56 Å². The molecule has 8 heteroatoms. The van der Waals surface area contributed by atoms with Crippen LogP contribution in [0.25, 0.3) is 6.08 Å². The summed E-state index contributed by atoms with van der Waals surface area (Å²) in [5, 5.41) is 10.8. The zero-order valence-electron chi connectivity index (χ0n) is 19.7. The summed E-state index contributed by atoms with van der Waals surface area (Å²) in [7, 11) is 6.03. The molecular formula is C26H29NO7. The Labute approximate surface area is 199 Å². The minimum atomic E-state index is -0.842. The first-order valence-electron chi connectivity index (χ1n) is 10.8. The highest BCUT2D eigenvalue weighted by Crippen LogP contribution is 2.45. The molecule has 1 atom stereocenters. The molecule has 0 aliphatic carbocycles. The fourth-order valence-electron chi connectivity index (χ4n) is 3.95. The first-order chi connectivity index (χ1) is 16.5. The molecule has 1 aliphatic heterocycles. The number of allylic oxidation sites excluding steroid dienone is 1. The molecule has 0 radical (unpaired) electrons. The molecule has 1 amide bonds. The molecule has 1 aliphatic rings. The Balaban J connectivity index is 2.08. The van der Waals surface area contributed by atoms with Gasteiger partial charge < -0.3 is 29.0 Å². The molecule has 8 nitrogen and oxygen atoms in total. The molecule has 2 aromatic rings. The molecule has 0 spiro atoms. The maximum atomic E-state index is 13.3. The van der Waals surface area contributed by atoms with E-state index in [-0.39, 0.29) is 12.1 Å². The third-order valence-electron chi connectivity index (χ3n) is 5.55. The minimum absolute atomic E-state index is 0.0103. The number of amides is 1. The Bertz CT molecular complexity index is 1070. The molecule has 0 bridgehead atoms. The molecular weight excluding hydrogens is 438 g/mol. The van der Waals surface area contributed by atoms with Crippen molar-refractivity contribution in [2.45, 2.75) is 12.5 Å². The van der Waals surface area contributed by atoms with Gasteiger partial charge in [0.05, 0.1) is 32.9 Å². The maximum Gasteiger partial charge on any atom is 0.290 e. The van der Waals surface area contributed by atoms with Crippen molar-refractivity contribution in [3.05, 3.63) is 71.0 Å². The van der Waals surface area contributed by atoms with Crippen LogP contribution in [0.3, 0.4) is 0 Å². The SMILES string of the molecule is COCCCN1C(=O)C(O)=C(C(=O)/C=C/c2ccccc2)C1c1cc(OC)c(OC)c(OC)c1. The second kappa shape index (κ2) is 11.4. The molecule has 2 aromatic carbocycles. The molecule has 0 saturated heterocycles. The fourth-order valence-corrected chi connectivity index (χ4v) is 3.95. The van der Waals surface area contributed by atoms with Gasteiger partial charge in [-0.2, -0.15) is 0 Å². The lowest BCUT2D eigenvalue weighted by atomic mass is 9.94. The number of aliphatic hydroxyl groups is 1. The molecule has 1 N–H and O–H groups in total. The Hall–Kier alpha value is -3.78. The number of ether oxygens (including phenoxy) is 4. The first-order valence-corrected chi connectivity index (χ1v) is 10.8. The van der Waals surface area contributed by atoms with E-state index in [4.69, 9.17) is 18.9 Å². The van der Waals surface area contributed by atoms with Gasteiger partial charge in [-0.3, -0.25) is 9.59 Å². The summed E-state index contributed by atoms with van der Waals surface area (Å²) in [6, 6.07) is 11.8. The lowest BCUT2D eigenvalue weighted by molar-refractivity contribution is -0.129. The summed E-state index contributed by atoms with van der Waals surface area (Å²) in [5.74, 6) is -0.528. The van der Waals surface area contributed by atoms with Crippen LogP contribution < -0.4 is 14.2 Å². The topological polar surface area (TPSA) is 94.5 Å². The van der Waals surface area contributed by atoms with Crippen LogP contribution in [-0.2, 0) is 14.3 Å². The van der Waals surface area contributed by atoms with Gasteiger partial charge in [0.15, 0.2) is 23.0 Å². The summed E-state index contributed by atoms with van der Waals surface area (Å²) in [6.45, 7) is 0.695. The monoisotopic (exact) mass is 467 g/mol. The number of ketones is 1. The number of carbonyl (C=O) groups excluding carboxylic acids is 2. The normalized spacial score (nSPS) is 15.8. The minimum Gasteiger partial charge on any atom is -0.503 e. The number of aliphatic hydroxyl groups excluding tert-OH is 1. The highest BCUT2D eigenvalue weighted by molar-refractivity contribution is 6.14. The van der Waals surface area contributed by atoms with Gasteiger partial charge in [0, 0.05) is 20.3 Å². The van der Waals surface area contributed by atoms with Crippen molar-refractivity contribution >= 4 is 17.8 Å². The number of benzene rings is 2. The van der Waals surface area contributed by atoms with Crippen LogP contribution in [0.15, 0.2) is 59.9 Å². The molecule has 0 aromatic heterocycles. The lowest BCUT2D eigenvalue weighted by Crippen LogP contribution is -2.32. The summed E-state index contributed by atoms with van der Waals surface area (Å²) in [4.78, 5) is 27.7. The molecule has 34 heavy (non-hydrogen) atoms. The third kappa shape index (κ3) is 5.07. The average molecular weight is 468 g/mol. The maximum absolute atomic E-state index is 13.3. The van der Waals surface area contributed by atoms with Crippen LogP contribution in [0.4, 0.5) is 0 Å². The van der Waals surface area contributed by atoms with Gasteiger partial charge in [0.2, 0.25) is 5.75 Å². The van der Waals surface area contributed by atoms with Crippen molar-refractivity contribution in [2.75, 3.05) is 41.6 Å². The molecule has 1 unspecified atom stereocenters. The van der Waals surface area contributed by atoms with Crippen LogP contribution in [0.1, 0.15) is 23.6 Å². The number of rotatable bonds is 11. The fraction of sp³-hybridized carbons (Fsp3) is 0.308. The van der Waals surface area contributed by atoms with Crippen molar-refractivity contribution < 1.29 is 33.6 Å². The largest absolute Gasteiger partial charge is 0.503 e. The quantitative estimate of drug-likeness (QED) is 0.398. The highest BCUT2D eigenvalue weighted by Gasteiger charge is 2.43. The van der Waals surface area contributed by atoms with E-state index in [1.54, 1.807) is 25.3 Å². The molecule has 180 valence electrons. The third-order valence-corrected chi connectivity index (χ3v) is 5.55. The van der Waals surface area contributed by atoms with Crippen molar-refractivity contribution in [3.63, 3.8) is 0 Å². The number of nitrogens with zero attached hydrogens (tertiary/aromatic N) is 1. The van der Waals surface area contributed by atoms with E-state index in [1.807, 2.05) is 30.3 Å². The molecule has 0 saturated carbocycles. The zero-order chi connectivity index (χ0) is 24.7. The predicted molar refractivity (Wildman–Crippen MR) is 127 cm³/mol. The van der Waals surface area contributed by atoms with Crippen LogP contribution >= 0.6 is 0 Å². The summed E-state index contributed by atoms with van der Waals surface area (Å²) in [6.07, 6.45) is 3.53. The predicted octanol–water partition coefficient (Wildman–Crippen LogP) is 3.73. The van der Waals surface area contributed by atoms with Crippen molar-refractivity contribution in [2.24, 2.45) is 0 Å². The Morgan fingerprint density at radius 3 is 2.24 bits per heavy atom. The second-order valence-corrected chi connectivity index (χ2v) is 7.58. The molecule has 1 heterocycles. The van der Waals surface area contributed by atoms with Crippen LogP contribution in [0.2, 0.25) is 0 Å². The number of hydrogen-bond donors (Lipinski definition) is 1. The van der Waals surface area contributed by atoms with Crippen LogP contribution in [0, 0.1) is 0 Å². The second-order valence-electron chi connectivity index (χ2n) is 7.58. The highest BCUT2D eigenvalue weighted by atomic mass is 16.5. The number of hydrogen-bond acceptors (Lipinski definition) is 7. The zero-order valence-corrected chi connectivity index (χ0v) is 19.7. The summed E-state index contributed by atoms with van der Waals surface area (Å²) in [5.41, 5.74) is 1.35. The van der Waals surface area contributed by atoms with Gasteiger partial charge >= 0.3 is 0 Å². The van der Waals surface area contributed by atoms with Gasteiger partial charge in [0.1, 0.15) is 0 Å². The van der Waals surface area contributed by atoms with E-state index < -0.39 is 23.5 Å². The van der Waals surface area contributed by atoms with Gasteiger partial charge in [-0.05, 0) is 35.8 Å². The average Bonchev–Trinajstić information content (AvgIpc) is 3.12. The van der Waals surface area contributed by atoms with E-state index in [9.17, 15) is 14.7 Å². The number of carbonyl (C=O) groups is 2. The molecule has 0 fully saturated rings. The lowest BCUT2D eigenvalue weighted by Gasteiger charge is -2.27. The van der Waals surface area contributed by atoms with Crippen LogP contribution in [-0.4, -0.2) is 63.3 Å². The Kier molecular flexibility index (Phi) is 8.32. The van der Waals surface area contributed by atoms with E-state index in [0.29, 0.717) is 35.8 Å². The van der Waals surface area contributed by atoms with E-state index in [1.165, 1.54) is 32.3 Å².